The highest BCUT2D eigenvalue weighted by Crippen LogP contribution is 2.37. The summed E-state index contributed by atoms with van der Waals surface area (Å²) in [5.41, 5.74) is -0.304. The first-order valence-electron chi connectivity index (χ1n) is 3.72. The SMILES string of the molecule is OC1(CC2CC2)CNC1. The molecular weight excluding hydrogens is 114 g/mol. The number of hydrogen-bond donors (Lipinski definition) is 2. The summed E-state index contributed by atoms with van der Waals surface area (Å²) in [5.74, 6) is 0.858. The molecule has 0 unspecified atom stereocenters. The fourth-order valence-electron chi connectivity index (χ4n) is 1.42. The zero-order valence-corrected chi connectivity index (χ0v) is 5.56. The van der Waals surface area contributed by atoms with Crippen LogP contribution in [0.5, 0.6) is 0 Å². The summed E-state index contributed by atoms with van der Waals surface area (Å²) >= 11 is 0. The van der Waals surface area contributed by atoms with Crippen molar-refractivity contribution < 1.29 is 5.11 Å². The molecule has 1 saturated carbocycles. The Hall–Kier alpha value is -0.0800. The van der Waals surface area contributed by atoms with E-state index in [1.807, 2.05) is 0 Å². The van der Waals surface area contributed by atoms with Crippen molar-refractivity contribution in [1.29, 1.82) is 0 Å². The molecule has 1 heterocycles. The van der Waals surface area contributed by atoms with Crippen LogP contribution in [0.3, 0.4) is 0 Å². The van der Waals surface area contributed by atoms with Crippen molar-refractivity contribution in [2.75, 3.05) is 13.1 Å². The van der Waals surface area contributed by atoms with Crippen molar-refractivity contribution in [2.45, 2.75) is 24.9 Å². The summed E-state index contributed by atoms with van der Waals surface area (Å²) in [6, 6.07) is 0. The van der Waals surface area contributed by atoms with Gasteiger partial charge in [-0.1, -0.05) is 12.8 Å². The predicted molar refractivity (Wildman–Crippen MR) is 35.2 cm³/mol. The maximum Gasteiger partial charge on any atom is 0.0897 e. The van der Waals surface area contributed by atoms with E-state index in [4.69, 9.17) is 0 Å². The lowest BCUT2D eigenvalue weighted by Gasteiger charge is -2.37. The van der Waals surface area contributed by atoms with Gasteiger partial charge in [-0.15, -0.1) is 0 Å². The molecule has 0 aromatic heterocycles. The molecule has 2 aliphatic rings. The van der Waals surface area contributed by atoms with E-state index in [-0.39, 0.29) is 5.60 Å². The summed E-state index contributed by atoms with van der Waals surface area (Å²) in [5, 5.41) is 12.6. The minimum Gasteiger partial charge on any atom is -0.387 e. The molecular formula is C7H13NO. The molecule has 1 aliphatic heterocycles. The van der Waals surface area contributed by atoms with Crippen molar-refractivity contribution in [1.82, 2.24) is 5.32 Å². The molecule has 2 rings (SSSR count). The van der Waals surface area contributed by atoms with Crippen molar-refractivity contribution in [3.05, 3.63) is 0 Å². The molecule has 0 bridgehead atoms. The number of aliphatic hydroxyl groups is 1. The van der Waals surface area contributed by atoms with Crippen LogP contribution in [0.25, 0.3) is 0 Å². The van der Waals surface area contributed by atoms with Gasteiger partial charge in [0.2, 0.25) is 0 Å². The van der Waals surface area contributed by atoms with Gasteiger partial charge in [0.05, 0.1) is 5.60 Å². The van der Waals surface area contributed by atoms with E-state index in [9.17, 15) is 5.11 Å². The number of β-amino-alcohol motifs (C(OH)–C–C–N with tert-alkyl or cyclic N) is 1. The molecule has 2 nitrogen and oxygen atoms in total. The monoisotopic (exact) mass is 127 g/mol. The number of nitrogens with one attached hydrogen (secondary N) is 1. The molecule has 2 fully saturated rings. The molecule has 1 aliphatic carbocycles. The minimum absolute atomic E-state index is 0.304. The molecule has 1 saturated heterocycles. The molecule has 0 radical (unpaired) electrons. The second-order valence-corrected chi connectivity index (χ2v) is 3.48. The number of rotatable bonds is 2. The van der Waals surface area contributed by atoms with E-state index < -0.39 is 0 Å². The second-order valence-electron chi connectivity index (χ2n) is 3.48. The third-order valence-corrected chi connectivity index (χ3v) is 2.27. The fraction of sp³-hybridized carbons (Fsp3) is 1.00. The van der Waals surface area contributed by atoms with Gasteiger partial charge in [0.1, 0.15) is 0 Å². The van der Waals surface area contributed by atoms with Gasteiger partial charge in [0.15, 0.2) is 0 Å². The average molecular weight is 127 g/mol. The molecule has 0 aromatic rings. The zero-order chi connectivity index (χ0) is 6.32. The lowest BCUT2D eigenvalue weighted by atomic mass is 9.91. The highest BCUT2D eigenvalue weighted by molar-refractivity contribution is 4.96. The molecule has 52 valence electrons. The molecule has 9 heavy (non-hydrogen) atoms. The molecule has 2 N–H and O–H groups in total. The van der Waals surface area contributed by atoms with Crippen LogP contribution in [0.1, 0.15) is 19.3 Å². The molecule has 2 heteroatoms. The van der Waals surface area contributed by atoms with Gasteiger partial charge < -0.3 is 10.4 Å². The fourth-order valence-corrected chi connectivity index (χ4v) is 1.42. The van der Waals surface area contributed by atoms with Crippen LogP contribution in [0.15, 0.2) is 0 Å². The molecule has 0 atom stereocenters. The lowest BCUT2D eigenvalue weighted by molar-refractivity contribution is -0.0217. The maximum absolute atomic E-state index is 9.56. The standard InChI is InChI=1S/C7H13NO/c9-7(4-8-5-7)3-6-1-2-6/h6,8-9H,1-5H2. The highest BCUT2D eigenvalue weighted by Gasteiger charge is 2.39. The second kappa shape index (κ2) is 1.70. The van der Waals surface area contributed by atoms with Crippen molar-refractivity contribution in [3.8, 4) is 0 Å². The Balaban J connectivity index is 1.81. The summed E-state index contributed by atoms with van der Waals surface area (Å²) in [6.45, 7) is 1.65. The Labute approximate surface area is 55.3 Å². The Kier molecular flexibility index (Phi) is 1.08. The smallest absolute Gasteiger partial charge is 0.0897 e. The van der Waals surface area contributed by atoms with Crippen molar-refractivity contribution in [3.63, 3.8) is 0 Å². The molecule has 0 amide bonds. The molecule has 0 spiro atoms. The Morgan fingerprint density at radius 2 is 2.11 bits per heavy atom. The first kappa shape index (κ1) is 5.69. The largest absolute Gasteiger partial charge is 0.387 e. The van der Waals surface area contributed by atoms with E-state index >= 15 is 0 Å². The van der Waals surface area contributed by atoms with E-state index in [0.717, 1.165) is 25.4 Å². The summed E-state index contributed by atoms with van der Waals surface area (Å²) in [6.07, 6.45) is 3.74. The average Bonchev–Trinajstić information content (AvgIpc) is 2.46. The van der Waals surface area contributed by atoms with Crippen LogP contribution in [0.4, 0.5) is 0 Å². The quantitative estimate of drug-likeness (QED) is 0.552. The Morgan fingerprint density at radius 3 is 2.44 bits per heavy atom. The van der Waals surface area contributed by atoms with Crippen molar-refractivity contribution in [2.24, 2.45) is 5.92 Å². The normalized spacial score (nSPS) is 31.7. The van der Waals surface area contributed by atoms with E-state index in [2.05, 4.69) is 5.32 Å². The Bertz CT molecular complexity index is 116. The van der Waals surface area contributed by atoms with Gasteiger partial charge in [0.25, 0.3) is 0 Å². The number of hydrogen-bond acceptors (Lipinski definition) is 2. The van der Waals surface area contributed by atoms with Crippen LogP contribution in [-0.4, -0.2) is 23.8 Å². The van der Waals surface area contributed by atoms with Crippen LogP contribution in [0.2, 0.25) is 0 Å². The van der Waals surface area contributed by atoms with E-state index in [1.54, 1.807) is 0 Å². The lowest BCUT2D eigenvalue weighted by Crippen LogP contribution is -2.59. The third-order valence-electron chi connectivity index (χ3n) is 2.27. The van der Waals surface area contributed by atoms with E-state index in [0.29, 0.717) is 0 Å². The first-order valence-corrected chi connectivity index (χ1v) is 3.72. The summed E-state index contributed by atoms with van der Waals surface area (Å²) in [7, 11) is 0. The first-order chi connectivity index (χ1) is 4.29. The van der Waals surface area contributed by atoms with Crippen LogP contribution >= 0.6 is 0 Å². The zero-order valence-electron chi connectivity index (χ0n) is 5.56. The van der Waals surface area contributed by atoms with Crippen LogP contribution in [0, 0.1) is 5.92 Å². The van der Waals surface area contributed by atoms with Gasteiger partial charge >= 0.3 is 0 Å². The van der Waals surface area contributed by atoms with Crippen molar-refractivity contribution >= 4 is 0 Å². The van der Waals surface area contributed by atoms with Gasteiger partial charge in [-0.05, 0) is 12.3 Å². The van der Waals surface area contributed by atoms with Gasteiger partial charge in [-0.25, -0.2) is 0 Å². The Morgan fingerprint density at radius 1 is 1.44 bits per heavy atom. The highest BCUT2D eigenvalue weighted by atomic mass is 16.3. The van der Waals surface area contributed by atoms with Crippen LogP contribution in [-0.2, 0) is 0 Å². The van der Waals surface area contributed by atoms with E-state index in [1.165, 1.54) is 12.8 Å². The summed E-state index contributed by atoms with van der Waals surface area (Å²) < 4.78 is 0. The maximum atomic E-state index is 9.56. The summed E-state index contributed by atoms with van der Waals surface area (Å²) in [4.78, 5) is 0. The molecule has 0 aromatic carbocycles. The minimum atomic E-state index is -0.304. The third kappa shape index (κ3) is 1.10. The topological polar surface area (TPSA) is 32.3 Å². The predicted octanol–water partition coefficient (Wildman–Crippen LogP) is 0.121. The van der Waals surface area contributed by atoms with Gasteiger partial charge in [-0.2, -0.15) is 0 Å². The van der Waals surface area contributed by atoms with Gasteiger partial charge in [0, 0.05) is 13.1 Å². The van der Waals surface area contributed by atoms with Crippen LogP contribution < -0.4 is 5.32 Å². The van der Waals surface area contributed by atoms with Gasteiger partial charge in [-0.3, -0.25) is 0 Å².